The molecule has 0 saturated heterocycles. The largest absolute Gasteiger partial charge is 0.321 e. The molecule has 136 valence electrons. The number of aromatic nitrogens is 2. The molecule has 0 aliphatic heterocycles. The number of carbonyl (C=O) groups excluding carboxylic acids is 1. The number of benzene rings is 2. The standard InChI is InChI=1S/C21H18FN3OS/c1-12-4-5-13(2)18(10-12)23-20(26)19-11-17-14(3)24-25(21(17)27-19)16-8-6-15(22)7-9-16/h4-11H,1-3H3,(H,23,26). The lowest BCUT2D eigenvalue weighted by Gasteiger charge is -2.08. The van der Waals surface area contributed by atoms with Crippen molar-refractivity contribution in [2.45, 2.75) is 20.8 Å². The van der Waals surface area contributed by atoms with Gasteiger partial charge >= 0.3 is 0 Å². The molecule has 6 heteroatoms. The average molecular weight is 379 g/mol. The van der Waals surface area contributed by atoms with Gasteiger partial charge in [0.25, 0.3) is 5.91 Å². The molecule has 2 aromatic carbocycles. The normalized spacial score (nSPS) is 11.1. The van der Waals surface area contributed by atoms with E-state index in [1.807, 2.05) is 45.0 Å². The molecule has 0 bridgehead atoms. The summed E-state index contributed by atoms with van der Waals surface area (Å²) in [5.41, 5.74) is 4.52. The Morgan fingerprint density at radius 2 is 1.81 bits per heavy atom. The highest BCUT2D eigenvalue weighted by Gasteiger charge is 2.18. The molecule has 0 radical (unpaired) electrons. The van der Waals surface area contributed by atoms with E-state index in [-0.39, 0.29) is 11.7 Å². The number of fused-ring (bicyclic) bond motifs is 1. The Labute approximate surface area is 160 Å². The van der Waals surface area contributed by atoms with Crippen LogP contribution in [0.4, 0.5) is 10.1 Å². The fourth-order valence-corrected chi connectivity index (χ4v) is 4.05. The first-order valence-corrected chi connectivity index (χ1v) is 9.38. The Morgan fingerprint density at radius 3 is 2.56 bits per heavy atom. The van der Waals surface area contributed by atoms with Gasteiger partial charge < -0.3 is 5.32 Å². The molecule has 4 rings (SSSR count). The number of hydrogen-bond donors (Lipinski definition) is 1. The molecule has 0 saturated carbocycles. The summed E-state index contributed by atoms with van der Waals surface area (Å²) in [4.78, 5) is 14.2. The SMILES string of the molecule is Cc1ccc(C)c(NC(=O)c2cc3c(C)nn(-c4ccc(F)cc4)c3s2)c1. The van der Waals surface area contributed by atoms with Crippen molar-refractivity contribution in [2.75, 3.05) is 5.32 Å². The number of thiophene rings is 1. The Balaban J connectivity index is 1.71. The van der Waals surface area contributed by atoms with Crippen LogP contribution in [0.2, 0.25) is 0 Å². The van der Waals surface area contributed by atoms with Gasteiger partial charge in [0.1, 0.15) is 10.6 Å². The molecule has 0 unspecified atom stereocenters. The Hall–Kier alpha value is -2.99. The molecule has 0 atom stereocenters. The van der Waals surface area contributed by atoms with Gasteiger partial charge in [0.05, 0.1) is 16.3 Å². The van der Waals surface area contributed by atoms with Crippen molar-refractivity contribution in [3.05, 3.63) is 76.0 Å². The Bertz CT molecular complexity index is 1160. The fourth-order valence-electron chi connectivity index (χ4n) is 2.97. The lowest BCUT2D eigenvalue weighted by atomic mass is 10.1. The van der Waals surface area contributed by atoms with E-state index in [1.165, 1.54) is 23.5 Å². The third-order valence-corrected chi connectivity index (χ3v) is 5.59. The van der Waals surface area contributed by atoms with Gasteiger partial charge in [-0.1, -0.05) is 12.1 Å². The van der Waals surface area contributed by atoms with Gasteiger partial charge in [0.15, 0.2) is 0 Å². The molecule has 27 heavy (non-hydrogen) atoms. The summed E-state index contributed by atoms with van der Waals surface area (Å²) in [7, 11) is 0. The molecule has 1 N–H and O–H groups in total. The number of anilines is 1. The third-order valence-electron chi connectivity index (χ3n) is 4.48. The Morgan fingerprint density at radius 1 is 1.07 bits per heavy atom. The monoisotopic (exact) mass is 379 g/mol. The minimum Gasteiger partial charge on any atom is -0.321 e. The number of rotatable bonds is 3. The highest BCUT2D eigenvalue weighted by Crippen LogP contribution is 2.31. The predicted octanol–water partition coefficient (Wildman–Crippen LogP) is 5.40. The van der Waals surface area contributed by atoms with E-state index in [0.29, 0.717) is 4.88 Å². The highest BCUT2D eigenvalue weighted by atomic mass is 32.1. The van der Waals surface area contributed by atoms with E-state index in [1.54, 1.807) is 16.8 Å². The highest BCUT2D eigenvalue weighted by molar-refractivity contribution is 7.20. The second-order valence-electron chi connectivity index (χ2n) is 6.58. The van der Waals surface area contributed by atoms with Crippen LogP contribution in [0.3, 0.4) is 0 Å². The second kappa shape index (κ2) is 6.63. The van der Waals surface area contributed by atoms with Crippen molar-refractivity contribution in [1.29, 1.82) is 0 Å². The van der Waals surface area contributed by atoms with E-state index < -0.39 is 0 Å². The Kier molecular flexibility index (Phi) is 4.28. The van der Waals surface area contributed by atoms with Gasteiger partial charge in [-0.25, -0.2) is 9.07 Å². The maximum Gasteiger partial charge on any atom is 0.265 e. The summed E-state index contributed by atoms with van der Waals surface area (Å²) >= 11 is 1.38. The minimum atomic E-state index is -0.293. The number of carbonyl (C=O) groups is 1. The number of hydrogen-bond acceptors (Lipinski definition) is 3. The van der Waals surface area contributed by atoms with Crippen molar-refractivity contribution >= 4 is 33.1 Å². The van der Waals surface area contributed by atoms with Crippen LogP contribution in [0, 0.1) is 26.6 Å². The number of halogens is 1. The number of nitrogens with zero attached hydrogens (tertiary/aromatic N) is 2. The topological polar surface area (TPSA) is 46.9 Å². The molecular weight excluding hydrogens is 361 g/mol. The fraction of sp³-hybridized carbons (Fsp3) is 0.143. The quantitative estimate of drug-likeness (QED) is 0.518. The molecule has 0 fully saturated rings. The maximum atomic E-state index is 13.2. The van der Waals surface area contributed by atoms with Gasteiger partial charge in [0.2, 0.25) is 0 Å². The summed E-state index contributed by atoms with van der Waals surface area (Å²) in [6, 6.07) is 14.0. The lowest BCUT2D eigenvalue weighted by Crippen LogP contribution is -2.11. The zero-order chi connectivity index (χ0) is 19.1. The molecule has 2 heterocycles. The lowest BCUT2D eigenvalue weighted by molar-refractivity contribution is 0.103. The summed E-state index contributed by atoms with van der Waals surface area (Å²) < 4.78 is 15.0. The van der Waals surface area contributed by atoms with Crippen LogP contribution < -0.4 is 5.32 Å². The van der Waals surface area contributed by atoms with Crippen LogP contribution in [0.5, 0.6) is 0 Å². The second-order valence-corrected chi connectivity index (χ2v) is 7.61. The van der Waals surface area contributed by atoms with E-state index in [4.69, 9.17) is 0 Å². The summed E-state index contributed by atoms with van der Waals surface area (Å²) in [6.45, 7) is 5.87. The third kappa shape index (κ3) is 3.24. The molecule has 0 spiro atoms. The van der Waals surface area contributed by atoms with Crippen molar-refractivity contribution in [3.8, 4) is 5.69 Å². The first kappa shape index (κ1) is 17.4. The molecule has 4 aromatic rings. The summed E-state index contributed by atoms with van der Waals surface area (Å²) in [6.07, 6.45) is 0. The number of aryl methyl sites for hydroxylation is 3. The number of nitrogens with one attached hydrogen (secondary N) is 1. The van der Waals surface area contributed by atoms with Crippen LogP contribution in [-0.4, -0.2) is 15.7 Å². The molecule has 2 aromatic heterocycles. The van der Waals surface area contributed by atoms with Crippen LogP contribution >= 0.6 is 11.3 Å². The molecule has 4 nitrogen and oxygen atoms in total. The molecular formula is C21H18FN3OS. The van der Waals surface area contributed by atoms with E-state index in [9.17, 15) is 9.18 Å². The van der Waals surface area contributed by atoms with E-state index in [0.717, 1.165) is 38.4 Å². The van der Waals surface area contributed by atoms with Gasteiger partial charge in [-0.3, -0.25) is 4.79 Å². The first-order chi connectivity index (χ1) is 12.9. The summed E-state index contributed by atoms with van der Waals surface area (Å²) in [5.74, 6) is -0.436. The van der Waals surface area contributed by atoms with Crippen molar-refractivity contribution in [2.24, 2.45) is 0 Å². The zero-order valence-corrected chi connectivity index (χ0v) is 16.0. The number of amides is 1. The van der Waals surface area contributed by atoms with Gasteiger partial charge in [-0.15, -0.1) is 11.3 Å². The van der Waals surface area contributed by atoms with Crippen molar-refractivity contribution in [1.82, 2.24) is 9.78 Å². The van der Waals surface area contributed by atoms with Gasteiger partial charge in [0, 0.05) is 11.1 Å². The smallest absolute Gasteiger partial charge is 0.265 e. The molecule has 0 aliphatic carbocycles. The van der Waals surface area contributed by atoms with E-state index in [2.05, 4.69) is 10.4 Å². The van der Waals surface area contributed by atoms with E-state index >= 15 is 0 Å². The van der Waals surface area contributed by atoms with Crippen LogP contribution in [-0.2, 0) is 0 Å². The molecule has 1 amide bonds. The van der Waals surface area contributed by atoms with Crippen molar-refractivity contribution in [3.63, 3.8) is 0 Å². The van der Waals surface area contributed by atoms with Crippen LogP contribution in [0.15, 0.2) is 48.5 Å². The van der Waals surface area contributed by atoms with Gasteiger partial charge in [-0.2, -0.15) is 5.10 Å². The van der Waals surface area contributed by atoms with Crippen LogP contribution in [0.1, 0.15) is 26.5 Å². The zero-order valence-electron chi connectivity index (χ0n) is 15.2. The minimum absolute atomic E-state index is 0.144. The average Bonchev–Trinajstić information content (AvgIpc) is 3.20. The first-order valence-electron chi connectivity index (χ1n) is 8.56. The molecule has 0 aliphatic rings. The predicted molar refractivity (Wildman–Crippen MR) is 108 cm³/mol. The maximum absolute atomic E-state index is 13.2. The van der Waals surface area contributed by atoms with Crippen molar-refractivity contribution < 1.29 is 9.18 Å². The van der Waals surface area contributed by atoms with Gasteiger partial charge in [-0.05, 0) is 68.3 Å². The summed E-state index contributed by atoms with van der Waals surface area (Å²) in [5, 5.41) is 8.46. The van der Waals surface area contributed by atoms with Crippen LogP contribution in [0.25, 0.3) is 15.9 Å².